The molecule has 0 bridgehead atoms. The van der Waals surface area contributed by atoms with Gasteiger partial charge < -0.3 is 14.1 Å². The third kappa shape index (κ3) is 2.51. The molecule has 1 amide bonds. The highest BCUT2D eigenvalue weighted by Gasteiger charge is 2.43. The van der Waals surface area contributed by atoms with Gasteiger partial charge in [-0.2, -0.15) is 0 Å². The summed E-state index contributed by atoms with van der Waals surface area (Å²) in [5.41, 5.74) is 0. The van der Waals surface area contributed by atoms with Crippen LogP contribution in [0.25, 0.3) is 0 Å². The molecule has 0 radical (unpaired) electrons. The lowest BCUT2D eigenvalue weighted by Crippen LogP contribution is -2.54. The Morgan fingerprint density at radius 1 is 1.28 bits per heavy atom. The summed E-state index contributed by atoms with van der Waals surface area (Å²) in [6, 6.07) is -0.128. The van der Waals surface area contributed by atoms with Crippen molar-refractivity contribution in [3.05, 3.63) is 0 Å². The van der Waals surface area contributed by atoms with E-state index >= 15 is 0 Å². The molecule has 2 aliphatic heterocycles. The standard InChI is InChI=1S/C13H23N2O3/c1-15(2)8-6-10(7-9-15)14-11(13(17)18-3)4-5-12(14)16/h10-11H,4-9H2,1-3H3/q+1. The largest absolute Gasteiger partial charge is 0.467 e. The first-order valence-corrected chi connectivity index (χ1v) is 6.65. The fraction of sp³-hybridized carbons (Fsp3) is 0.846. The molecule has 5 heteroatoms. The number of carbonyl (C=O) groups excluding carboxylic acids is 2. The van der Waals surface area contributed by atoms with Crippen LogP contribution < -0.4 is 0 Å². The number of hydrogen-bond donors (Lipinski definition) is 0. The lowest BCUT2D eigenvalue weighted by molar-refractivity contribution is -0.895. The fourth-order valence-electron chi connectivity index (χ4n) is 3.06. The molecule has 0 saturated carbocycles. The first-order valence-electron chi connectivity index (χ1n) is 6.65. The average molecular weight is 255 g/mol. The molecule has 2 heterocycles. The Balaban J connectivity index is 2.06. The third-order valence-corrected chi connectivity index (χ3v) is 4.26. The van der Waals surface area contributed by atoms with Crippen molar-refractivity contribution in [1.82, 2.24) is 4.90 Å². The molecule has 2 saturated heterocycles. The van der Waals surface area contributed by atoms with Crippen LogP contribution in [0.15, 0.2) is 0 Å². The van der Waals surface area contributed by atoms with Gasteiger partial charge in [-0.05, 0) is 6.42 Å². The molecule has 5 nitrogen and oxygen atoms in total. The minimum Gasteiger partial charge on any atom is -0.467 e. The van der Waals surface area contributed by atoms with Crippen LogP contribution >= 0.6 is 0 Å². The second kappa shape index (κ2) is 4.88. The molecule has 0 aromatic heterocycles. The Bertz CT molecular complexity index is 344. The Labute approximate surface area is 108 Å². The summed E-state index contributed by atoms with van der Waals surface area (Å²) in [4.78, 5) is 25.5. The number of rotatable bonds is 2. The second-order valence-electron chi connectivity index (χ2n) is 5.99. The Hall–Kier alpha value is -1.10. The van der Waals surface area contributed by atoms with Gasteiger partial charge in [-0.15, -0.1) is 0 Å². The molecule has 1 unspecified atom stereocenters. The molecular weight excluding hydrogens is 232 g/mol. The van der Waals surface area contributed by atoms with Gasteiger partial charge in [0.1, 0.15) is 6.04 Å². The van der Waals surface area contributed by atoms with Gasteiger partial charge >= 0.3 is 5.97 Å². The van der Waals surface area contributed by atoms with Crippen LogP contribution in [-0.4, -0.2) is 67.6 Å². The van der Waals surface area contributed by atoms with E-state index in [1.807, 2.05) is 0 Å². The normalized spacial score (nSPS) is 28.5. The van der Waals surface area contributed by atoms with Crippen molar-refractivity contribution in [1.29, 1.82) is 0 Å². The Kier molecular flexibility index (Phi) is 3.61. The van der Waals surface area contributed by atoms with Crippen molar-refractivity contribution in [2.24, 2.45) is 0 Å². The summed E-state index contributed by atoms with van der Waals surface area (Å²) >= 11 is 0. The molecule has 0 aliphatic carbocycles. The van der Waals surface area contributed by atoms with Gasteiger partial charge in [-0.1, -0.05) is 0 Å². The number of ether oxygens (including phenoxy) is 1. The first kappa shape index (κ1) is 13.3. The van der Waals surface area contributed by atoms with E-state index in [1.165, 1.54) is 7.11 Å². The van der Waals surface area contributed by atoms with Crippen LogP contribution in [0.5, 0.6) is 0 Å². The van der Waals surface area contributed by atoms with Gasteiger partial charge in [-0.3, -0.25) is 4.79 Å². The van der Waals surface area contributed by atoms with Crippen molar-refractivity contribution in [3.63, 3.8) is 0 Å². The fourth-order valence-corrected chi connectivity index (χ4v) is 3.06. The number of piperidine rings is 1. The van der Waals surface area contributed by atoms with Crippen LogP contribution in [-0.2, 0) is 14.3 Å². The molecule has 0 aromatic carbocycles. The van der Waals surface area contributed by atoms with Crippen LogP contribution in [0, 0.1) is 0 Å². The van der Waals surface area contributed by atoms with Crippen molar-refractivity contribution >= 4 is 11.9 Å². The van der Waals surface area contributed by atoms with E-state index in [0.29, 0.717) is 12.8 Å². The lowest BCUT2D eigenvalue weighted by Gasteiger charge is -2.41. The summed E-state index contributed by atoms with van der Waals surface area (Å²) in [6.45, 7) is 2.12. The SMILES string of the molecule is COC(=O)C1CCC(=O)N1C1CC[N+](C)(C)CC1. The molecule has 0 N–H and O–H groups in total. The Morgan fingerprint density at radius 2 is 1.89 bits per heavy atom. The number of likely N-dealkylation sites (tertiary alicyclic amines) is 2. The van der Waals surface area contributed by atoms with Crippen molar-refractivity contribution < 1.29 is 18.8 Å². The molecule has 102 valence electrons. The first-order chi connectivity index (χ1) is 8.44. The summed E-state index contributed by atoms with van der Waals surface area (Å²) in [5, 5.41) is 0. The summed E-state index contributed by atoms with van der Waals surface area (Å²) in [7, 11) is 5.81. The molecule has 0 aromatic rings. The number of carbonyl (C=O) groups is 2. The zero-order valence-corrected chi connectivity index (χ0v) is 11.5. The van der Waals surface area contributed by atoms with Crippen LogP contribution in [0.3, 0.4) is 0 Å². The molecule has 2 fully saturated rings. The minimum absolute atomic E-state index is 0.114. The molecular formula is C13H23N2O3+. The van der Waals surface area contributed by atoms with E-state index in [9.17, 15) is 9.59 Å². The smallest absolute Gasteiger partial charge is 0.328 e. The summed E-state index contributed by atoms with van der Waals surface area (Å²) < 4.78 is 5.81. The highest BCUT2D eigenvalue weighted by Crippen LogP contribution is 2.28. The van der Waals surface area contributed by atoms with E-state index in [0.717, 1.165) is 30.4 Å². The predicted octanol–water partition coefficient (Wildman–Crippen LogP) is 0.389. The van der Waals surface area contributed by atoms with Crippen LogP contribution in [0.4, 0.5) is 0 Å². The zero-order chi connectivity index (χ0) is 13.3. The van der Waals surface area contributed by atoms with E-state index in [4.69, 9.17) is 4.74 Å². The van der Waals surface area contributed by atoms with Gasteiger partial charge in [0, 0.05) is 25.3 Å². The minimum atomic E-state index is -0.346. The third-order valence-electron chi connectivity index (χ3n) is 4.26. The topological polar surface area (TPSA) is 46.6 Å². The van der Waals surface area contributed by atoms with Gasteiger partial charge in [0.15, 0.2) is 0 Å². The van der Waals surface area contributed by atoms with E-state index in [1.54, 1.807) is 4.90 Å². The number of methoxy groups -OCH3 is 1. The van der Waals surface area contributed by atoms with E-state index < -0.39 is 0 Å². The van der Waals surface area contributed by atoms with Crippen molar-refractivity contribution in [2.75, 3.05) is 34.3 Å². The maximum absolute atomic E-state index is 12.0. The van der Waals surface area contributed by atoms with Gasteiger partial charge in [0.05, 0.1) is 34.3 Å². The molecule has 0 spiro atoms. The highest BCUT2D eigenvalue weighted by molar-refractivity contribution is 5.88. The van der Waals surface area contributed by atoms with Gasteiger partial charge in [0.25, 0.3) is 0 Å². The van der Waals surface area contributed by atoms with E-state index in [2.05, 4.69) is 14.1 Å². The second-order valence-corrected chi connectivity index (χ2v) is 5.99. The van der Waals surface area contributed by atoms with Gasteiger partial charge in [-0.25, -0.2) is 4.79 Å². The maximum atomic E-state index is 12.0. The lowest BCUT2D eigenvalue weighted by atomic mass is 10.0. The van der Waals surface area contributed by atoms with Crippen molar-refractivity contribution in [2.45, 2.75) is 37.8 Å². The quantitative estimate of drug-likeness (QED) is 0.530. The van der Waals surface area contributed by atoms with Crippen LogP contribution in [0.1, 0.15) is 25.7 Å². The number of quaternary nitrogens is 1. The van der Waals surface area contributed by atoms with Gasteiger partial charge in [0.2, 0.25) is 5.91 Å². The molecule has 2 rings (SSSR count). The van der Waals surface area contributed by atoms with Crippen molar-refractivity contribution in [3.8, 4) is 0 Å². The van der Waals surface area contributed by atoms with E-state index in [-0.39, 0.29) is 24.0 Å². The number of hydrogen-bond acceptors (Lipinski definition) is 3. The summed E-state index contributed by atoms with van der Waals surface area (Å²) in [6.07, 6.45) is 3.05. The number of nitrogens with zero attached hydrogens (tertiary/aromatic N) is 2. The number of amides is 1. The monoisotopic (exact) mass is 255 g/mol. The highest BCUT2D eigenvalue weighted by atomic mass is 16.5. The molecule has 2 aliphatic rings. The Morgan fingerprint density at radius 3 is 2.44 bits per heavy atom. The number of esters is 1. The maximum Gasteiger partial charge on any atom is 0.328 e. The predicted molar refractivity (Wildman–Crippen MR) is 66.7 cm³/mol. The summed E-state index contributed by atoms with van der Waals surface area (Å²) in [5.74, 6) is -0.150. The molecule has 1 atom stereocenters. The average Bonchev–Trinajstić information content (AvgIpc) is 2.70. The van der Waals surface area contributed by atoms with Crippen LogP contribution in [0.2, 0.25) is 0 Å². The zero-order valence-electron chi connectivity index (χ0n) is 11.5. The molecule has 18 heavy (non-hydrogen) atoms.